The molecule has 0 aliphatic carbocycles. The number of aromatic nitrogens is 2. The van der Waals surface area contributed by atoms with E-state index in [-0.39, 0.29) is 6.03 Å². The fourth-order valence-electron chi connectivity index (χ4n) is 2.53. The second-order valence-corrected chi connectivity index (χ2v) is 6.24. The lowest BCUT2D eigenvalue weighted by atomic mass is 9.97. The Balaban J connectivity index is 1.40. The van der Waals surface area contributed by atoms with Crippen LogP contribution >= 0.6 is 11.3 Å². The molecule has 116 valence electrons. The number of piperidine rings is 1. The first-order valence-corrected chi connectivity index (χ1v) is 8.29. The minimum Gasteiger partial charge on any atom is -0.341 e. The summed E-state index contributed by atoms with van der Waals surface area (Å²) in [7, 11) is 0. The van der Waals surface area contributed by atoms with Crippen LogP contribution in [0.3, 0.4) is 0 Å². The number of rotatable bonds is 4. The molecule has 2 N–H and O–H groups in total. The Morgan fingerprint density at radius 2 is 2.05 bits per heavy atom. The van der Waals surface area contributed by atoms with E-state index in [4.69, 9.17) is 0 Å². The van der Waals surface area contributed by atoms with Crippen LogP contribution < -0.4 is 15.5 Å². The van der Waals surface area contributed by atoms with Gasteiger partial charge in [0, 0.05) is 32.0 Å². The Hall–Kier alpha value is -2.15. The summed E-state index contributed by atoms with van der Waals surface area (Å²) in [5.41, 5.74) is 0. The molecule has 1 saturated heterocycles. The van der Waals surface area contributed by atoms with Crippen LogP contribution in [0.2, 0.25) is 0 Å². The third-order valence-electron chi connectivity index (χ3n) is 3.76. The van der Waals surface area contributed by atoms with E-state index >= 15 is 0 Å². The van der Waals surface area contributed by atoms with Gasteiger partial charge < -0.3 is 10.2 Å². The van der Waals surface area contributed by atoms with Crippen LogP contribution in [-0.2, 0) is 0 Å². The maximum atomic E-state index is 11.8. The van der Waals surface area contributed by atoms with Crippen LogP contribution in [0.5, 0.6) is 0 Å². The van der Waals surface area contributed by atoms with Gasteiger partial charge >= 0.3 is 6.03 Å². The lowest BCUT2D eigenvalue weighted by Gasteiger charge is -2.31. The van der Waals surface area contributed by atoms with Gasteiger partial charge in [0.15, 0.2) is 0 Å². The predicted molar refractivity (Wildman–Crippen MR) is 88.3 cm³/mol. The summed E-state index contributed by atoms with van der Waals surface area (Å²) < 4.78 is 0. The van der Waals surface area contributed by atoms with Gasteiger partial charge in [-0.1, -0.05) is 0 Å². The van der Waals surface area contributed by atoms with Gasteiger partial charge in [0.2, 0.25) is 5.95 Å². The molecule has 0 saturated carbocycles. The average Bonchev–Trinajstić information content (AvgIpc) is 3.07. The largest absolute Gasteiger partial charge is 0.341 e. The molecule has 0 atom stereocenters. The first kappa shape index (κ1) is 14.8. The van der Waals surface area contributed by atoms with Crippen molar-refractivity contribution in [3.05, 3.63) is 36.0 Å². The minimum absolute atomic E-state index is 0.128. The predicted octanol–water partition coefficient (Wildman–Crippen LogP) is 2.58. The van der Waals surface area contributed by atoms with Crippen molar-refractivity contribution in [3.63, 3.8) is 0 Å². The maximum absolute atomic E-state index is 11.8. The average molecular weight is 317 g/mol. The molecular formula is C15H19N5OS. The quantitative estimate of drug-likeness (QED) is 0.909. The minimum atomic E-state index is -0.128. The molecule has 3 heterocycles. The van der Waals surface area contributed by atoms with Crippen LogP contribution in [0.15, 0.2) is 36.0 Å². The molecule has 2 aromatic rings. The summed E-state index contributed by atoms with van der Waals surface area (Å²) in [5.74, 6) is 1.30. The van der Waals surface area contributed by atoms with Gasteiger partial charge in [0.1, 0.15) is 0 Å². The Kier molecular flexibility index (Phi) is 4.85. The van der Waals surface area contributed by atoms with E-state index in [0.29, 0.717) is 12.5 Å². The van der Waals surface area contributed by atoms with Gasteiger partial charge in [0.25, 0.3) is 0 Å². The zero-order valence-corrected chi connectivity index (χ0v) is 13.1. The standard InChI is InChI=1S/C15H19N5OS/c21-15(19-13-3-1-10-22-13)18-11-12-4-8-20(9-5-12)14-16-6-2-7-17-14/h1-3,6-7,10,12H,4-5,8-9,11H2,(H2,18,19,21). The summed E-state index contributed by atoms with van der Waals surface area (Å²) in [5, 5.41) is 8.60. The monoisotopic (exact) mass is 317 g/mol. The number of thiophene rings is 1. The van der Waals surface area contributed by atoms with Gasteiger partial charge in [-0.2, -0.15) is 0 Å². The molecule has 0 radical (unpaired) electrons. The molecule has 0 aromatic carbocycles. The van der Waals surface area contributed by atoms with E-state index in [9.17, 15) is 4.79 Å². The number of nitrogens with zero attached hydrogens (tertiary/aromatic N) is 3. The van der Waals surface area contributed by atoms with Crippen molar-refractivity contribution >= 4 is 28.3 Å². The SMILES string of the molecule is O=C(NCC1CCN(c2ncccn2)CC1)Nc1cccs1. The number of nitrogens with one attached hydrogen (secondary N) is 2. The second-order valence-electron chi connectivity index (χ2n) is 5.29. The first-order valence-electron chi connectivity index (χ1n) is 7.41. The van der Waals surface area contributed by atoms with Crippen molar-refractivity contribution in [2.75, 3.05) is 29.9 Å². The summed E-state index contributed by atoms with van der Waals surface area (Å²) in [6.45, 7) is 2.58. The van der Waals surface area contributed by atoms with E-state index in [1.54, 1.807) is 12.4 Å². The summed E-state index contributed by atoms with van der Waals surface area (Å²) in [4.78, 5) is 22.5. The highest BCUT2D eigenvalue weighted by molar-refractivity contribution is 7.14. The molecule has 0 bridgehead atoms. The molecule has 1 aliphatic rings. The van der Waals surface area contributed by atoms with Crippen molar-refractivity contribution in [3.8, 4) is 0 Å². The molecule has 0 unspecified atom stereocenters. The van der Waals surface area contributed by atoms with Gasteiger partial charge in [-0.15, -0.1) is 11.3 Å². The van der Waals surface area contributed by atoms with E-state index in [1.807, 2.05) is 23.6 Å². The lowest BCUT2D eigenvalue weighted by Crippen LogP contribution is -2.40. The summed E-state index contributed by atoms with van der Waals surface area (Å²) in [6.07, 6.45) is 5.62. The molecule has 0 spiro atoms. The van der Waals surface area contributed by atoms with E-state index in [2.05, 4.69) is 25.5 Å². The smallest absolute Gasteiger partial charge is 0.319 e. The maximum Gasteiger partial charge on any atom is 0.319 e. The van der Waals surface area contributed by atoms with Crippen LogP contribution in [-0.4, -0.2) is 35.6 Å². The number of anilines is 2. The Morgan fingerprint density at radius 3 is 2.73 bits per heavy atom. The van der Waals surface area contributed by atoms with Crippen LogP contribution in [0.4, 0.5) is 15.7 Å². The molecule has 2 aromatic heterocycles. The highest BCUT2D eigenvalue weighted by Gasteiger charge is 2.21. The fraction of sp³-hybridized carbons (Fsp3) is 0.400. The zero-order chi connectivity index (χ0) is 15.2. The van der Waals surface area contributed by atoms with E-state index in [1.165, 1.54) is 11.3 Å². The zero-order valence-electron chi connectivity index (χ0n) is 12.2. The lowest BCUT2D eigenvalue weighted by molar-refractivity contribution is 0.248. The normalized spacial score (nSPS) is 15.5. The van der Waals surface area contributed by atoms with Crippen molar-refractivity contribution in [2.45, 2.75) is 12.8 Å². The number of hydrogen-bond acceptors (Lipinski definition) is 5. The highest BCUT2D eigenvalue weighted by atomic mass is 32.1. The molecule has 22 heavy (non-hydrogen) atoms. The summed E-state index contributed by atoms with van der Waals surface area (Å²) in [6, 6.07) is 5.51. The first-order chi connectivity index (χ1) is 10.8. The van der Waals surface area contributed by atoms with E-state index < -0.39 is 0 Å². The molecule has 6 nitrogen and oxygen atoms in total. The molecule has 3 rings (SSSR count). The van der Waals surface area contributed by atoms with Gasteiger partial charge in [0.05, 0.1) is 5.00 Å². The molecule has 2 amide bonds. The molecule has 1 fully saturated rings. The Morgan fingerprint density at radius 1 is 1.27 bits per heavy atom. The van der Waals surface area contributed by atoms with Crippen molar-refractivity contribution in [1.29, 1.82) is 0 Å². The second kappa shape index (κ2) is 7.22. The topological polar surface area (TPSA) is 70.2 Å². The van der Waals surface area contributed by atoms with Crippen LogP contribution in [0.1, 0.15) is 12.8 Å². The van der Waals surface area contributed by atoms with Crippen molar-refractivity contribution in [1.82, 2.24) is 15.3 Å². The highest BCUT2D eigenvalue weighted by Crippen LogP contribution is 2.20. The number of carbonyl (C=O) groups is 1. The summed E-state index contributed by atoms with van der Waals surface area (Å²) >= 11 is 1.52. The van der Waals surface area contributed by atoms with Gasteiger partial charge in [-0.3, -0.25) is 5.32 Å². The van der Waals surface area contributed by atoms with Crippen LogP contribution in [0.25, 0.3) is 0 Å². The molecular weight excluding hydrogens is 298 g/mol. The fourth-order valence-corrected chi connectivity index (χ4v) is 3.15. The number of hydrogen-bond donors (Lipinski definition) is 2. The van der Waals surface area contributed by atoms with Crippen molar-refractivity contribution in [2.24, 2.45) is 5.92 Å². The van der Waals surface area contributed by atoms with Gasteiger partial charge in [-0.05, 0) is 42.3 Å². The number of carbonyl (C=O) groups excluding carboxylic acids is 1. The molecule has 7 heteroatoms. The van der Waals surface area contributed by atoms with Crippen molar-refractivity contribution < 1.29 is 4.79 Å². The Bertz CT molecular complexity index is 581. The van der Waals surface area contributed by atoms with Gasteiger partial charge in [-0.25, -0.2) is 14.8 Å². The van der Waals surface area contributed by atoms with E-state index in [0.717, 1.165) is 36.9 Å². The number of urea groups is 1. The Labute approximate surface area is 133 Å². The third-order valence-corrected chi connectivity index (χ3v) is 4.54. The molecule has 1 aliphatic heterocycles. The number of amides is 2. The van der Waals surface area contributed by atoms with Crippen LogP contribution in [0, 0.1) is 5.92 Å². The third kappa shape index (κ3) is 3.94.